The van der Waals surface area contributed by atoms with Crippen molar-refractivity contribution in [3.05, 3.63) is 12.2 Å². The third-order valence-corrected chi connectivity index (χ3v) is 15.1. The molecule has 2 saturated heterocycles. The van der Waals surface area contributed by atoms with Crippen molar-refractivity contribution in [2.45, 2.75) is 135 Å². The van der Waals surface area contributed by atoms with Crippen molar-refractivity contribution in [2.24, 2.45) is 29.1 Å². The van der Waals surface area contributed by atoms with Crippen molar-refractivity contribution in [2.75, 3.05) is 6.61 Å². The zero-order chi connectivity index (χ0) is 28.1. The number of allylic oxidation sites excluding steroid dienone is 1. The van der Waals surface area contributed by atoms with Crippen molar-refractivity contribution >= 4 is 20.3 Å². The van der Waals surface area contributed by atoms with Crippen LogP contribution in [0.5, 0.6) is 0 Å². The van der Waals surface area contributed by atoms with Crippen molar-refractivity contribution in [1.29, 1.82) is 0 Å². The van der Waals surface area contributed by atoms with Crippen LogP contribution in [0.25, 0.3) is 0 Å². The first kappa shape index (κ1) is 29.8. The average Bonchev–Trinajstić information content (AvgIpc) is 3.14. The van der Waals surface area contributed by atoms with E-state index in [1.165, 1.54) is 0 Å². The zero-order valence-corrected chi connectivity index (χ0v) is 26.3. The van der Waals surface area contributed by atoms with Gasteiger partial charge in [0.15, 0.2) is 8.32 Å². The average molecular weight is 549 g/mol. The molecular formula is C31H52O6Si. The molecule has 2 aliphatic carbocycles. The van der Waals surface area contributed by atoms with Crippen LogP contribution in [0, 0.1) is 29.1 Å². The molecule has 0 amide bonds. The zero-order valence-electron chi connectivity index (χ0n) is 25.3. The van der Waals surface area contributed by atoms with E-state index in [1.807, 2.05) is 20.8 Å². The van der Waals surface area contributed by atoms with Crippen LogP contribution in [-0.4, -0.2) is 50.8 Å². The minimum absolute atomic E-state index is 0.0734. The van der Waals surface area contributed by atoms with Gasteiger partial charge in [-0.05, 0) is 81.8 Å². The van der Waals surface area contributed by atoms with Crippen molar-refractivity contribution in [3.63, 3.8) is 0 Å². The first-order chi connectivity index (χ1) is 17.6. The minimum atomic E-state index is -1.98. The summed E-state index contributed by atoms with van der Waals surface area (Å²) in [6.07, 6.45) is 9.65. The highest BCUT2D eigenvalue weighted by atomic mass is 28.4. The normalized spacial score (nSPS) is 37.5. The number of ether oxygens (including phenoxy) is 3. The van der Waals surface area contributed by atoms with Gasteiger partial charge in [-0.2, -0.15) is 0 Å². The lowest BCUT2D eigenvalue weighted by atomic mass is 9.59. The Kier molecular flexibility index (Phi) is 8.36. The predicted octanol–water partition coefficient (Wildman–Crippen LogP) is 6.83. The molecule has 8 atom stereocenters. The highest BCUT2D eigenvalue weighted by Gasteiger charge is 2.59. The Bertz CT molecular complexity index is 920. The smallest absolute Gasteiger partial charge is 0.311 e. The number of esters is 2. The number of rotatable bonds is 8. The molecule has 216 valence electrons. The van der Waals surface area contributed by atoms with Crippen LogP contribution in [0.2, 0.25) is 18.1 Å². The molecule has 2 bridgehead atoms. The number of fused-ring (bicyclic) bond motifs is 1. The fourth-order valence-electron chi connectivity index (χ4n) is 6.75. The van der Waals surface area contributed by atoms with Gasteiger partial charge >= 0.3 is 11.9 Å². The van der Waals surface area contributed by atoms with Gasteiger partial charge in [0.05, 0.1) is 30.1 Å². The third-order valence-electron chi connectivity index (χ3n) is 10.5. The molecule has 1 saturated carbocycles. The maximum atomic E-state index is 13.2. The van der Waals surface area contributed by atoms with Gasteiger partial charge in [0.1, 0.15) is 12.2 Å². The SMILES string of the molecule is CCC(C)(C)C(=O)O[C@@H]1C[C@@H]2CO[C@@]3(C=C[C@@H](C)[C@@H](CC[C@H]4C[C@H](O[Si](C)(C)C(C)(C)C)CC(=O)O4)[C@H]13)C2. The molecule has 3 fully saturated rings. The summed E-state index contributed by atoms with van der Waals surface area (Å²) in [6.45, 7) is 20.2. The van der Waals surface area contributed by atoms with Gasteiger partial charge in [-0.15, -0.1) is 0 Å². The summed E-state index contributed by atoms with van der Waals surface area (Å²) in [5, 5.41) is 0.0982. The monoisotopic (exact) mass is 548 g/mol. The van der Waals surface area contributed by atoms with Crippen molar-refractivity contribution < 1.29 is 28.2 Å². The Balaban J connectivity index is 1.48. The van der Waals surface area contributed by atoms with Crippen LogP contribution in [-0.2, 0) is 28.2 Å². The summed E-state index contributed by atoms with van der Waals surface area (Å²) in [4.78, 5) is 25.8. The second-order valence-corrected chi connectivity index (χ2v) is 19.5. The number of cyclic esters (lactones) is 1. The second-order valence-electron chi connectivity index (χ2n) is 14.8. The van der Waals surface area contributed by atoms with E-state index in [1.54, 1.807) is 0 Å². The van der Waals surface area contributed by atoms with E-state index in [-0.39, 0.29) is 46.8 Å². The van der Waals surface area contributed by atoms with Crippen molar-refractivity contribution in [3.8, 4) is 0 Å². The molecule has 1 spiro atoms. The molecule has 0 aromatic carbocycles. The van der Waals surface area contributed by atoms with Gasteiger partial charge in [0.25, 0.3) is 0 Å². The number of hydrogen-bond acceptors (Lipinski definition) is 6. The molecule has 4 aliphatic rings. The Morgan fingerprint density at radius 2 is 1.87 bits per heavy atom. The van der Waals surface area contributed by atoms with E-state index >= 15 is 0 Å². The summed E-state index contributed by atoms with van der Waals surface area (Å²) in [5.74, 6) is 0.935. The van der Waals surface area contributed by atoms with Crippen LogP contribution >= 0.6 is 0 Å². The fourth-order valence-corrected chi connectivity index (χ4v) is 8.12. The molecule has 2 heterocycles. The predicted molar refractivity (Wildman–Crippen MR) is 151 cm³/mol. The van der Waals surface area contributed by atoms with Gasteiger partial charge < -0.3 is 18.6 Å². The van der Waals surface area contributed by atoms with E-state index in [0.29, 0.717) is 24.2 Å². The molecule has 38 heavy (non-hydrogen) atoms. The van der Waals surface area contributed by atoms with Crippen LogP contribution < -0.4 is 0 Å². The highest BCUT2D eigenvalue weighted by molar-refractivity contribution is 6.74. The number of carbonyl (C=O) groups is 2. The van der Waals surface area contributed by atoms with E-state index in [2.05, 4.69) is 52.9 Å². The Labute approximate surface area is 231 Å². The second kappa shape index (κ2) is 10.7. The largest absolute Gasteiger partial charge is 0.462 e. The topological polar surface area (TPSA) is 71.1 Å². The first-order valence-corrected chi connectivity index (χ1v) is 17.9. The lowest BCUT2D eigenvalue weighted by molar-refractivity contribution is -0.176. The fraction of sp³-hybridized carbons (Fsp3) is 0.871. The maximum Gasteiger partial charge on any atom is 0.311 e. The van der Waals surface area contributed by atoms with Crippen molar-refractivity contribution in [1.82, 2.24) is 0 Å². The minimum Gasteiger partial charge on any atom is -0.462 e. The molecule has 2 aliphatic heterocycles. The van der Waals surface area contributed by atoms with E-state index < -0.39 is 13.7 Å². The molecule has 4 rings (SSSR count). The van der Waals surface area contributed by atoms with Crippen LogP contribution in [0.4, 0.5) is 0 Å². The van der Waals surface area contributed by atoms with Crippen LogP contribution in [0.3, 0.4) is 0 Å². The summed E-state index contributed by atoms with van der Waals surface area (Å²) in [7, 11) is -1.98. The Morgan fingerprint density at radius 1 is 1.16 bits per heavy atom. The van der Waals surface area contributed by atoms with Crippen LogP contribution in [0.15, 0.2) is 12.2 Å². The van der Waals surface area contributed by atoms with Gasteiger partial charge in [0.2, 0.25) is 0 Å². The molecule has 0 aromatic rings. The molecule has 0 unspecified atom stereocenters. The lowest BCUT2D eigenvalue weighted by Crippen LogP contribution is -2.54. The molecule has 0 aromatic heterocycles. The van der Waals surface area contributed by atoms with E-state index in [9.17, 15) is 9.59 Å². The van der Waals surface area contributed by atoms with Gasteiger partial charge in [-0.3, -0.25) is 9.59 Å². The van der Waals surface area contributed by atoms with E-state index in [4.69, 9.17) is 18.6 Å². The van der Waals surface area contributed by atoms with Crippen LogP contribution in [0.1, 0.15) is 93.4 Å². The highest BCUT2D eigenvalue weighted by Crippen LogP contribution is 2.55. The first-order valence-electron chi connectivity index (χ1n) is 15.0. The lowest BCUT2D eigenvalue weighted by Gasteiger charge is -2.50. The molecule has 7 heteroatoms. The molecule has 0 radical (unpaired) electrons. The van der Waals surface area contributed by atoms with Gasteiger partial charge in [0, 0.05) is 12.3 Å². The molecule has 6 nitrogen and oxygen atoms in total. The number of hydrogen-bond donors (Lipinski definition) is 0. The summed E-state index contributed by atoms with van der Waals surface area (Å²) in [6, 6.07) is 0. The maximum absolute atomic E-state index is 13.2. The summed E-state index contributed by atoms with van der Waals surface area (Å²) < 4.78 is 25.3. The Hall–Kier alpha value is -1.18. The number of carbonyl (C=O) groups excluding carboxylic acids is 2. The van der Waals surface area contributed by atoms with Gasteiger partial charge in [-0.1, -0.05) is 46.8 Å². The van der Waals surface area contributed by atoms with Gasteiger partial charge in [-0.25, -0.2) is 0 Å². The third kappa shape index (κ3) is 5.95. The van der Waals surface area contributed by atoms with E-state index in [0.717, 1.165) is 45.1 Å². The molecular weight excluding hydrogens is 496 g/mol. The summed E-state index contributed by atoms with van der Waals surface area (Å²) in [5.41, 5.74) is -0.843. The quantitative estimate of drug-likeness (QED) is 0.188. The standard InChI is InChI=1S/C31H52O6Si/c1-10-30(6,7)28(33)36-25-15-21-18-31(34-19-21)14-13-20(2)24(27(25)31)12-11-22-16-23(17-26(32)35-22)37-38(8,9)29(3,4)5/h13-14,20-25,27H,10-12,15-19H2,1-9H3/t20-,21+,22+,23+,24-,25-,27-,31+/m1/s1. The Morgan fingerprint density at radius 3 is 2.53 bits per heavy atom. The molecule has 0 N–H and O–H groups in total. The summed E-state index contributed by atoms with van der Waals surface area (Å²) >= 11 is 0.